The molecule has 2 nitrogen and oxygen atoms in total. The highest BCUT2D eigenvalue weighted by Gasteiger charge is 2.27. The van der Waals surface area contributed by atoms with Crippen molar-refractivity contribution < 1.29 is 0 Å². The molecule has 0 aromatic heterocycles. The molecule has 1 aromatic carbocycles. The van der Waals surface area contributed by atoms with Crippen LogP contribution >= 0.6 is 23.2 Å². The zero-order valence-corrected chi connectivity index (χ0v) is 10.8. The van der Waals surface area contributed by atoms with E-state index in [9.17, 15) is 0 Å². The minimum atomic E-state index is 0.183. The largest absolute Gasteiger partial charge is 0.315 e. The third-order valence-corrected chi connectivity index (χ3v) is 3.68. The smallest absolute Gasteiger partial charge is 0.0465 e. The van der Waals surface area contributed by atoms with Gasteiger partial charge in [0, 0.05) is 28.7 Å². The minimum absolute atomic E-state index is 0.183. The maximum Gasteiger partial charge on any atom is 0.0465 e. The summed E-state index contributed by atoms with van der Waals surface area (Å²) in [4.78, 5) is 0. The lowest BCUT2D eigenvalue weighted by Gasteiger charge is -2.24. The topological polar surface area (TPSA) is 24.1 Å². The van der Waals surface area contributed by atoms with E-state index in [0.29, 0.717) is 5.02 Å². The molecule has 1 heterocycles. The summed E-state index contributed by atoms with van der Waals surface area (Å²) in [5, 5.41) is 8.31. The summed E-state index contributed by atoms with van der Waals surface area (Å²) in [5.74, 6) is 0. The van der Waals surface area contributed by atoms with Crippen LogP contribution in [0.2, 0.25) is 10.0 Å². The average Bonchev–Trinajstić information content (AvgIpc) is 2.64. The lowest BCUT2D eigenvalue weighted by molar-refractivity contribution is 0.386. The molecule has 1 aromatic rings. The van der Waals surface area contributed by atoms with E-state index in [0.717, 1.165) is 36.6 Å². The van der Waals surface area contributed by atoms with Gasteiger partial charge in [-0.15, -0.1) is 0 Å². The van der Waals surface area contributed by atoms with Crippen molar-refractivity contribution in [3.05, 3.63) is 33.8 Å². The standard InChI is InChI=1S/C12H16Cl2N2/c1-12(4-5-15-8-12)16-7-9-2-3-10(13)6-11(9)14/h2-3,6,15-16H,4-5,7-8H2,1H3. The molecule has 0 radical (unpaired) electrons. The van der Waals surface area contributed by atoms with Crippen molar-refractivity contribution in [3.8, 4) is 0 Å². The molecule has 0 aliphatic carbocycles. The van der Waals surface area contributed by atoms with E-state index in [1.807, 2.05) is 12.1 Å². The second-order valence-electron chi connectivity index (χ2n) is 4.58. The Kier molecular flexibility index (Phi) is 3.75. The molecule has 0 amide bonds. The fourth-order valence-electron chi connectivity index (χ4n) is 1.94. The fraction of sp³-hybridized carbons (Fsp3) is 0.500. The highest BCUT2D eigenvalue weighted by molar-refractivity contribution is 6.35. The summed E-state index contributed by atoms with van der Waals surface area (Å²) in [6, 6.07) is 5.64. The van der Waals surface area contributed by atoms with Gasteiger partial charge < -0.3 is 10.6 Å². The van der Waals surface area contributed by atoms with Gasteiger partial charge in [-0.05, 0) is 37.6 Å². The zero-order valence-electron chi connectivity index (χ0n) is 9.32. The number of halogens is 2. The molecule has 1 aliphatic heterocycles. The molecule has 1 fully saturated rings. The summed E-state index contributed by atoms with van der Waals surface area (Å²) >= 11 is 12.0. The van der Waals surface area contributed by atoms with Crippen LogP contribution in [0.25, 0.3) is 0 Å². The molecule has 2 N–H and O–H groups in total. The van der Waals surface area contributed by atoms with Crippen molar-refractivity contribution in [2.45, 2.75) is 25.4 Å². The zero-order chi connectivity index (χ0) is 11.6. The van der Waals surface area contributed by atoms with Crippen LogP contribution in [0.5, 0.6) is 0 Å². The van der Waals surface area contributed by atoms with Gasteiger partial charge in [0.05, 0.1) is 0 Å². The van der Waals surface area contributed by atoms with Gasteiger partial charge in [-0.2, -0.15) is 0 Å². The Morgan fingerprint density at radius 3 is 2.88 bits per heavy atom. The SMILES string of the molecule is CC1(NCc2ccc(Cl)cc2Cl)CCNC1. The van der Waals surface area contributed by atoms with E-state index in [-0.39, 0.29) is 5.54 Å². The Labute approximate surface area is 106 Å². The first-order valence-electron chi connectivity index (χ1n) is 5.49. The van der Waals surface area contributed by atoms with Gasteiger partial charge >= 0.3 is 0 Å². The van der Waals surface area contributed by atoms with Gasteiger partial charge in [0.1, 0.15) is 0 Å². The van der Waals surface area contributed by atoms with Crippen molar-refractivity contribution >= 4 is 23.2 Å². The van der Waals surface area contributed by atoms with E-state index < -0.39 is 0 Å². The van der Waals surface area contributed by atoms with Crippen molar-refractivity contribution in [1.29, 1.82) is 0 Å². The van der Waals surface area contributed by atoms with Crippen LogP contribution < -0.4 is 10.6 Å². The van der Waals surface area contributed by atoms with E-state index in [1.54, 1.807) is 6.07 Å². The van der Waals surface area contributed by atoms with Crippen LogP contribution in [-0.4, -0.2) is 18.6 Å². The molecule has 0 saturated carbocycles. The van der Waals surface area contributed by atoms with Gasteiger partial charge in [0.2, 0.25) is 0 Å². The van der Waals surface area contributed by atoms with E-state index in [2.05, 4.69) is 17.6 Å². The Morgan fingerprint density at radius 2 is 2.25 bits per heavy atom. The Balaban J connectivity index is 1.99. The van der Waals surface area contributed by atoms with Crippen LogP contribution in [0.4, 0.5) is 0 Å². The first-order valence-corrected chi connectivity index (χ1v) is 6.24. The van der Waals surface area contributed by atoms with Crippen LogP contribution in [0.3, 0.4) is 0 Å². The number of hydrogen-bond acceptors (Lipinski definition) is 2. The molecule has 1 saturated heterocycles. The van der Waals surface area contributed by atoms with Crippen LogP contribution in [0, 0.1) is 0 Å². The Bertz CT molecular complexity index is 373. The lowest BCUT2D eigenvalue weighted by Crippen LogP contribution is -2.43. The van der Waals surface area contributed by atoms with E-state index in [1.165, 1.54) is 0 Å². The van der Waals surface area contributed by atoms with E-state index in [4.69, 9.17) is 23.2 Å². The molecule has 0 bridgehead atoms. The van der Waals surface area contributed by atoms with Gasteiger partial charge in [-0.1, -0.05) is 29.3 Å². The predicted octanol–water partition coefficient (Wildman–Crippen LogP) is 2.84. The van der Waals surface area contributed by atoms with Crippen molar-refractivity contribution in [2.24, 2.45) is 0 Å². The molecule has 1 aliphatic rings. The summed E-state index contributed by atoms with van der Waals surface area (Å²) < 4.78 is 0. The maximum absolute atomic E-state index is 6.12. The number of nitrogens with one attached hydrogen (secondary N) is 2. The lowest BCUT2D eigenvalue weighted by atomic mass is 10.0. The number of hydrogen-bond donors (Lipinski definition) is 2. The maximum atomic E-state index is 6.12. The molecular weight excluding hydrogens is 243 g/mol. The minimum Gasteiger partial charge on any atom is -0.315 e. The van der Waals surface area contributed by atoms with Crippen molar-refractivity contribution in [1.82, 2.24) is 10.6 Å². The third kappa shape index (κ3) is 2.89. The average molecular weight is 259 g/mol. The van der Waals surface area contributed by atoms with Crippen LogP contribution in [-0.2, 0) is 6.54 Å². The molecule has 2 rings (SSSR count). The van der Waals surface area contributed by atoms with Gasteiger partial charge in [0.15, 0.2) is 0 Å². The second-order valence-corrected chi connectivity index (χ2v) is 5.42. The highest BCUT2D eigenvalue weighted by Crippen LogP contribution is 2.22. The van der Waals surface area contributed by atoms with Gasteiger partial charge in [0.25, 0.3) is 0 Å². The predicted molar refractivity (Wildman–Crippen MR) is 69.2 cm³/mol. The highest BCUT2D eigenvalue weighted by atomic mass is 35.5. The molecular formula is C12H16Cl2N2. The van der Waals surface area contributed by atoms with Crippen LogP contribution in [0.1, 0.15) is 18.9 Å². The normalized spacial score (nSPS) is 24.9. The third-order valence-electron chi connectivity index (χ3n) is 3.09. The van der Waals surface area contributed by atoms with E-state index >= 15 is 0 Å². The Morgan fingerprint density at radius 1 is 1.44 bits per heavy atom. The molecule has 16 heavy (non-hydrogen) atoms. The fourth-order valence-corrected chi connectivity index (χ4v) is 2.42. The Hall–Kier alpha value is -0.280. The molecule has 0 spiro atoms. The van der Waals surface area contributed by atoms with Gasteiger partial charge in [-0.25, -0.2) is 0 Å². The molecule has 1 atom stereocenters. The summed E-state index contributed by atoms with van der Waals surface area (Å²) in [6.07, 6.45) is 1.15. The van der Waals surface area contributed by atoms with Crippen molar-refractivity contribution in [2.75, 3.05) is 13.1 Å². The summed E-state index contributed by atoms with van der Waals surface area (Å²) in [7, 11) is 0. The first kappa shape index (κ1) is 12.2. The number of benzene rings is 1. The second kappa shape index (κ2) is 4.92. The number of rotatable bonds is 3. The molecule has 1 unspecified atom stereocenters. The molecule has 4 heteroatoms. The van der Waals surface area contributed by atoms with Gasteiger partial charge in [-0.3, -0.25) is 0 Å². The first-order chi connectivity index (χ1) is 7.59. The molecule has 88 valence electrons. The monoisotopic (exact) mass is 258 g/mol. The van der Waals surface area contributed by atoms with Crippen molar-refractivity contribution in [3.63, 3.8) is 0 Å². The van der Waals surface area contributed by atoms with Crippen LogP contribution in [0.15, 0.2) is 18.2 Å². The quantitative estimate of drug-likeness (QED) is 0.872. The summed E-state index contributed by atoms with van der Waals surface area (Å²) in [5.41, 5.74) is 1.28. The summed E-state index contributed by atoms with van der Waals surface area (Å²) in [6.45, 7) is 5.11.